The van der Waals surface area contributed by atoms with Gasteiger partial charge in [0.1, 0.15) is 5.82 Å². The van der Waals surface area contributed by atoms with Gasteiger partial charge in [-0.15, -0.1) is 0 Å². The lowest BCUT2D eigenvalue weighted by Crippen LogP contribution is -2.54. The van der Waals surface area contributed by atoms with Crippen molar-refractivity contribution in [3.63, 3.8) is 0 Å². The number of alkyl halides is 3. The van der Waals surface area contributed by atoms with Crippen LogP contribution in [-0.2, 0) is 12.6 Å². The first-order valence-corrected chi connectivity index (χ1v) is 10.8. The van der Waals surface area contributed by atoms with E-state index in [-0.39, 0.29) is 17.9 Å². The molecule has 7 heteroatoms. The van der Waals surface area contributed by atoms with Gasteiger partial charge in [0, 0.05) is 0 Å². The van der Waals surface area contributed by atoms with Gasteiger partial charge in [-0.1, -0.05) is 36.2 Å². The van der Waals surface area contributed by atoms with Crippen LogP contribution < -0.4 is 0 Å². The number of piperazine rings is 1. The van der Waals surface area contributed by atoms with E-state index in [0.717, 1.165) is 48.0 Å². The average molecular weight is 446 g/mol. The zero-order valence-electron chi connectivity index (χ0n) is 18.0. The number of quaternary nitrogens is 1. The average Bonchev–Trinajstić information content (AvgIpc) is 2.65. The Balaban J connectivity index is 1.98. The summed E-state index contributed by atoms with van der Waals surface area (Å²) in [7, 11) is 4.43. The molecule has 2 aliphatic rings. The highest BCUT2D eigenvalue weighted by atomic mass is 35.5. The zero-order valence-corrected chi connectivity index (χ0v) is 18.8. The molecule has 0 saturated carbocycles. The van der Waals surface area contributed by atoms with Gasteiger partial charge in [-0.3, -0.25) is 0 Å². The van der Waals surface area contributed by atoms with Crippen molar-refractivity contribution >= 4 is 11.6 Å². The zero-order chi connectivity index (χ0) is 22.3. The van der Waals surface area contributed by atoms with E-state index in [1.807, 2.05) is 13.8 Å². The molecular formula is C23H30ClF4N2+. The van der Waals surface area contributed by atoms with Crippen LogP contribution in [0.25, 0.3) is 0 Å². The van der Waals surface area contributed by atoms with Gasteiger partial charge >= 0.3 is 6.18 Å². The molecule has 1 heterocycles. The quantitative estimate of drug-likeness (QED) is 0.374. The van der Waals surface area contributed by atoms with Crippen molar-refractivity contribution in [2.75, 3.05) is 40.3 Å². The molecule has 0 aromatic heterocycles. The molecule has 30 heavy (non-hydrogen) atoms. The highest BCUT2D eigenvalue weighted by molar-refractivity contribution is 6.32. The SMILES string of the molecule is CC1=C(Cl)C(N2CC[N+](C)(C)CC2)=CCC(C)c2ccc(C(F)(F)F)c(F)c2CC1. The second kappa shape index (κ2) is 8.54. The number of halogens is 5. The van der Waals surface area contributed by atoms with Crippen molar-refractivity contribution in [2.45, 2.75) is 45.2 Å². The highest BCUT2D eigenvalue weighted by Crippen LogP contribution is 2.38. The number of fused-ring (bicyclic) bond motifs is 1. The molecule has 1 aromatic rings. The van der Waals surface area contributed by atoms with Crippen molar-refractivity contribution in [3.05, 3.63) is 57.0 Å². The third-order valence-electron chi connectivity index (χ3n) is 6.42. The van der Waals surface area contributed by atoms with Crippen molar-refractivity contribution in [1.29, 1.82) is 0 Å². The fraction of sp³-hybridized carbons (Fsp3) is 0.565. The Hall–Kier alpha value is -1.53. The van der Waals surface area contributed by atoms with E-state index >= 15 is 0 Å². The van der Waals surface area contributed by atoms with Crippen LogP contribution in [0.3, 0.4) is 0 Å². The van der Waals surface area contributed by atoms with E-state index in [9.17, 15) is 17.6 Å². The molecular weight excluding hydrogens is 416 g/mol. The number of benzene rings is 1. The predicted octanol–water partition coefficient (Wildman–Crippen LogP) is 6.07. The third-order valence-corrected chi connectivity index (χ3v) is 6.94. The van der Waals surface area contributed by atoms with Crippen LogP contribution in [0.5, 0.6) is 0 Å². The van der Waals surface area contributed by atoms with Gasteiger partial charge in [-0.2, -0.15) is 13.2 Å². The number of hydrogen-bond donors (Lipinski definition) is 0. The molecule has 2 nitrogen and oxygen atoms in total. The predicted molar refractivity (Wildman–Crippen MR) is 113 cm³/mol. The molecule has 0 bridgehead atoms. The van der Waals surface area contributed by atoms with Crippen molar-refractivity contribution < 1.29 is 22.0 Å². The van der Waals surface area contributed by atoms with E-state index in [2.05, 4.69) is 25.1 Å². The van der Waals surface area contributed by atoms with E-state index in [4.69, 9.17) is 11.6 Å². The molecule has 3 rings (SSSR count). The molecule has 1 aromatic carbocycles. The molecule has 1 fully saturated rings. The lowest BCUT2D eigenvalue weighted by atomic mass is 9.87. The molecule has 0 N–H and O–H groups in total. The van der Waals surface area contributed by atoms with Crippen LogP contribution in [0.15, 0.2) is 34.5 Å². The number of hydrogen-bond acceptors (Lipinski definition) is 1. The van der Waals surface area contributed by atoms with Crippen LogP contribution in [0.1, 0.15) is 49.3 Å². The highest BCUT2D eigenvalue weighted by Gasteiger charge is 2.36. The first kappa shape index (κ1) is 23.1. The topological polar surface area (TPSA) is 3.24 Å². The van der Waals surface area contributed by atoms with Crippen LogP contribution in [-0.4, -0.2) is 49.7 Å². The summed E-state index contributed by atoms with van der Waals surface area (Å²) in [6.45, 7) is 7.65. The van der Waals surface area contributed by atoms with Gasteiger partial charge in [0.25, 0.3) is 0 Å². The number of likely N-dealkylation sites (N-methyl/N-ethyl adjacent to an activating group) is 1. The van der Waals surface area contributed by atoms with Gasteiger partial charge in [0.2, 0.25) is 0 Å². The normalized spacial score (nSPS) is 23.2. The van der Waals surface area contributed by atoms with E-state index < -0.39 is 17.6 Å². The molecule has 0 radical (unpaired) electrons. The number of allylic oxidation sites excluding steroid dienone is 3. The molecule has 1 saturated heterocycles. The van der Waals surface area contributed by atoms with E-state index in [0.29, 0.717) is 23.4 Å². The van der Waals surface area contributed by atoms with Crippen LogP contribution in [0.4, 0.5) is 17.6 Å². The summed E-state index contributed by atoms with van der Waals surface area (Å²) < 4.78 is 55.4. The summed E-state index contributed by atoms with van der Waals surface area (Å²) in [6.07, 6.45) is -1.41. The second-order valence-electron chi connectivity index (χ2n) is 9.18. The van der Waals surface area contributed by atoms with Crippen molar-refractivity contribution in [1.82, 2.24) is 4.90 Å². The van der Waals surface area contributed by atoms with Gasteiger partial charge in [-0.25, -0.2) is 4.39 Å². The fourth-order valence-electron chi connectivity index (χ4n) is 4.23. The standard InChI is InChI=1S/C23H30ClF4N2/c1-15-6-10-20(29-11-13-30(3,4)14-12-29)21(24)16(2)5-7-18-17(15)8-9-19(22(18)25)23(26,27)28/h8-10,15H,5-7,11-14H2,1-4H3/q+1. The van der Waals surface area contributed by atoms with Gasteiger partial charge in [-0.05, 0) is 49.3 Å². The minimum absolute atomic E-state index is 0.105. The summed E-state index contributed by atoms with van der Waals surface area (Å²) >= 11 is 6.75. The maximum absolute atomic E-state index is 14.8. The second-order valence-corrected chi connectivity index (χ2v) is 9.56. The molecule has 166 valence electrons. The van der Waals surface area contributed by atoms with Crippen LogP contribution >= 0.6 is 11.6 Å². The van der Waals surface area contributed by atoms with Gasteiger partial charge < -0.3 is 9.38 Å². The first-order chi connectivity index (χ1) is 13.9. The maximum atomic E-state index is 14.8. The number of rotatable bonds is 1. The Labute approximate surface area is 181 Å². The number of nitrogens with zero attached hydrogens (tertiary/aromatic N) is 2. The van der Waals surface area contributed by atoms with Crippen molar-refractivity contribution in [3.8, 4) is 0 Å². The molecule has 0 spiro atoms. The lowest BCUT2D eigenvalue weighted by molar-refractivity contribution is -0.894. The minimum Gasteiger partial charge on any atom is -0.359 e. The smallest absolute Gasteiger partial charge is 0.359 e. The minimum atomic E-state index is -4.70. The van der Waals surface area contributed by atoms with Crippen LogP contribution in [0.2, 0.25) is 0 Å². The summed E-state index contributed by atoms with van der Waals surface area (Å²) in [5.74, 6) is -1.25. The summed E-state index contributed by atoms with van der Waals surface area (Å²) in [6, 6.07) is 2.32. The summed E-state index contributed by atoms with van der Waals surface area (Å²) in [5, 5.41) is 0.644. The monoisotopic (exact) mass is 445 g/mol. The Morgan fingerprint density at radius 1 is 1.10 bits per heavy atom. The Bertz CT molecular complexity index is 861. The van der Waals surface area contributed by atoms with E-state index in [1.54, 1.807) is 0 Å². The Kier molecular flexibility index (Phi) is 6.59. The Morgan fingerprint density at radius 2 is 1.73 bits per heavy atom. The fourth-order valence-corrected chi connectivity index (χ4v) is 4.52. The lowest BCUT2D eigenvalue weighted by Gasteiger charge is -2.41. The van der Waals surface area contributed by atoms with Crippen molar-refractivity contribution in [2.24, 2.45) is 0 Å². The van der Waals surface area contributed by atoms with E-state index in [1.165, 1.54) is 6.07 Å². The van der Waals surface area contributed by atoms with Gasteiger partial charge in [0.15, 0.2) is 0 Å². The third kappa shape index (κ3) is 4.86. The van der Waals surface area contributed by atoms with Gasteiger partial charge in [0.05, 0.1) is 56.6 Å². The Morgan fingerprint density at radius 3 is 2.33 bits per heavy atom. The van der Waals surface area contributed by atoms with Crippen LogP contribution in [0, 0.1) is 5.82 Å². The molecule has 1 aliphatic heterocycles. The first-order valence-electron chi connectivity index (χ1n) is 10.4. The summed E-state index contributed by atoms with van der Waals surface area (Å²) in [4.78, 5) is 2.30. The largest absolute Gasteiger partial charge is 0.419 e. The maximum Gasteiger partial charge on any atom is 0.419 e. The summed E-state index contributed by atoms with van der Waals surface area (Å²) in [5.41, 5.74) is 1.49. The molecule has 1 aliphatic carbocycles. The molecule has 0 amide bonds. The molecule has 1 atom stereocenters. The molecule has 1 unspecified atom stereocenters.